The van der Waals surface area contributed by atoms with Gasteiger partial charge in [-0.1, -0.05) is 48.0 Å². The Morgan fingerprint density at radius 3 is 2.39 bits per heavy atom. The lowest BCUT2D eigenvalue weighted by Crippen LogP contribution is -2.15. The first-order valence-corrected chi connectivity index (χ1v) is 11.0. The summed E-state index contributed by atoms with van der Waals surface area (Å²) >= 11 is 6.00. The first-order valence-electron chi connectivity index (χ1n) is 9.09. The zero-order chi connectivity index (χ0) is 22.6. The van der Waals surface area contributed by atoms with Gasteiger partial charge in [0.2, 0.25) is 0 Å². The average Bonchev–Trinajstić information content (AvgIpc) is 2.76. The lowest BCUT2D eigenvalue weighted by Gasteiger charge is -2.15. The Morgan fingerprint density at radius 2 is 1.74 bits per heavy atom. The minimum absolute atomic E-state index is 0.178. The molecule has 0 saturated heterocycles. The van der Waals surface area contributed by atoms with Crippen LogP contribution in [0.15, 0.2) is 65.6 Å². The fourth-order valence-corrected chi connectivity index (χ4v) is 4.50. The molecule has 31 heavy (non-hydrogen) atoms. The molecule has 0 fully saturated rings. The van der Waals surface area contributed by atoms with Gasteiger partial charge in [-0.3, -0.25) is 9.52 Å². The number of halogens is 1. The standard InChI is InChI=1S/C22H20ClNO6S/c1-29-19-9-8-16(15-6-4-3-5-7-15)13-18(19)24-31(27,28)20-11-14(12-21(25)30-2)10-17(23)22(20)26/h3-11,13,24,26H,12H2,1-2H3. The minimum atomic E-state index is -4.28. The summed E-state index contributed by atoms with van der Waals surface area (Å²) in [6.07, 6.45) is -0.203. The SMILES string of the molecule is COC(=O)Cc1cc(Cl)c(O)c(S(=O)(=O)Nc2cc(-c3ccccc3)ccc2OC)c1. The number of phenolic OH excluding ortho intramolecular Hbond substituents is 1. The van der Waals surface area contributed by atoms with E-state index in [2.05, 4.69) is 9.46 Å². The highest BCUT2D eigenvalue weighted by molar-refractivity contribution is 7.92. The molecule has 0 bridgehead atoms. The van der Waals surface area contributed by atoms with Gasteiger partial charge in [-0.2, -0.15) is 0 Å². The number of carbonyl (C=O) groups is 1. The number of esters is 1. The van der Waals surface area contributed by atoms with E-state index in [1.807, 2.05) is 30.3 Å². The Hall–Kier alpha value is -3.23. The van der Waals surface area contributed by atoms with Crippen LogP contribution in [0.25, 0.3) is 11.1 Å². The second kappa shape index (κ2) is 9.28. The summed E-state index contributed by atoms with van der Waals surface area (Å²) in [7, 11) is -1.64. The Labute approximate surface area is 185 Å². The molecule has 0 aromatic heterocycles. The van der Waals surface area contributed by atoms with Crippen molar-refractivity contribution in [3.63, 3.8) is 0 Å². The zero-order valence-electron chi connectivity index (χ0n) is 16.8. The van der Waals surface area contributed by atoms with Crippen LogP contribution in [0.5, 0.6) is 11.5 Å². The van der Waals surface area contributed by atoms with Crippen molar-refractivity contribution in [3.05, 3.63) is 71.2 Å². The summed E-state index contributed by atoms with van der Waals surface area (Å²) in [5.41, 5.74) is 2.11. The Kier molecular flexibility index (Phi) is 6.72. The molecule has 0 amide bonds. The topological polar surface area (TPSA) is 102 Å². The molecule has 162 valence electrons. The molecule has 2 N–H and O–H groups in total. The van der Waals surface area contributed by atoms with Crippen molar-refractivity contribution in [1.82, 2.24) is 0 Å². The number of sulfonamides is 1. The molecular formula is C22H20ClNO6S. The van der Waals surface area contributed by atoms with Crippen LogP contribution in [-0.2, 0) is 26.0 Å². The van der Waals surface area contributed by atoms with Crippen LogP contribution < -0.4 is 9.46 Å². The van der Waals surface area contributed by atoms with E-state index in [0.29, 0.717) is 5.75 Å². The highest BCUT2D eigenvalue weighted by atomic mass is 35.5. The summed E-state index contributed by atoms with van der Waals surface area (Å²) in [6.45, 7) is 0. The molecule has 0 spiro atoms. The van der Waals surface area contributed by atoms with Crippen molar-refractivity contribution in [3.8, 4) is 22.6 Å². The molecule has 3 aromatic rings. The molecule has 0 unspecified atom stereocenters. The summed E-state index contributed by atoms with van der Waals surface area (Å²) in [5.74, 6) is -0.907. The monoisotopic (exact) mass is 461 g/mol. The van der Waals surface area contributed by atoms with Crippen molar-refractivity contribution >= 4 is 33.3 Å². The Bertz CT molecular complexity index is 1210. The molecule has 0 aliphatic rings. The molecule has 3 aromatic carbocycles. The first kappa shape index (κ1) is 22.5. The first-order chi connectivity index (χ1) is 14.7. The number of ether oxygens (including phenoxy) is 2. The molecule has 0 radical (unpaired) electrons. The van der Waals surface area contributed by atoms with E-state index in [9.17, 15) is 18.3 Å². The minimum Gasteiger partial charge on any atom is -0.505 e. The summed E-state index contributed by atoms with van der Waals surface area (Å²) in [4.78, 5) is 11.1. The predicted octanol–water partition coefficient (Wildman–Crippen LogP) is 4.24. The molecule has 3 rings (SSSR count). The van der Waals surface area contributed by atoms with Crippen LogP contribution >= 0.6 is 11.6 Å². The Balaban J connectivity index is 2.03. The van der Waals surface area contributed by atoms with Gasteiger partial charge in [0, 0.05) is 0 Å². The number of aromatic hydroxyl groups is 1. The molecule has 0 atom stereocenters. The predicted molar refractivity (Wildman–Crippen MR) is 118 cm³/mol. The zero-order valence-corrected chi connectivity index (χ0v) is 18.3. The third kappa shape index (κ3) is 5.10. The van der Waals surface area contributed by atoms with Crippen LogP contribution in [0, 0.1) is 0 Å². The lowest BCUT2D eigenvalue weighted by molar-refractivity contribution is -0.139. The third-order valence-electron chi connectivity index (χ3n) is 4.50. The highest BCUT2D eigenvalue weighted by Crippen LogP contribution is 2.36. The molecule has 9 heteroatoms. The second-order valence-corrected chi connectivity index (χ2v) is 8.62. The molecule has 0 heterocycles. The van der Waals surface area contributed by atoms with E-state index in [1.54, 1.807) is 18.2 Å². The fraction of sp³-hybridized carbons (Fsp3) is 0.136. The van der Waals surface area contributed by atoms with E-state index in [-0.39, 0.29) is 22.7 Å². The highest BCUT2D eigenvalue weighted by Gasteiger charge is 2.24. The van der Waals surface area contributed by atoms with Gasteiger partial charge in [0.1, 0.15) is 10.6 Å². The quantitative estimate of drug-likeness (QED) is 0.510. The summed E-state index contributed by atoms with van der Waals surface area (Å²) in [6, 6.07) is 17.0. The number of rotatable bonds is 7. The van der Waals surface area contributed by atoms with Crippen LogP contribution in [-0.4, -0.2) is 33.7 Å². The number of anilines is 1. The van der Waals surface area contributed by atoms with Gasteiger partial charge in [-0.25, -0.2) is 8.42 Å². The largest absolute Gasteiger partial charge is 0.505 e. The van der Waals surface area contributed by atoms with Crippen LogP contribution in [0.2, 0.25) is 5.02 Å². The third-order valence-corrected chi connectivity index (χ3v) is 6.17. The second-order valence-electron chi connectivity index (χ2n) is 6.56. The van der Waals surface area contributed by atoms with Crippen molar-refractivity contribution in [2.24, 2.45) is 0 Å². The van der Waals surface area contributed by atoms with E-state index in [0.717, 1.165) is 11.1 Å². The molecule has 0 aliphatic heterocycles. The van der Waals surface area contributed by atoms with Crippen LogP contribution in [0.4, 0.5) is 5.69 Å². The van der Waals surface area contributed by atoms with E-state index >= 15 is 0 Å². The fourth-order valence-electron chi connectivity index (χ4n) is 2.97. The van der Waals surface area contributed by atoms with Gasteiger partial charge in [0.15, 0.2) is 5.75 Å². The maximum absolute atomic E-state index is 13.1. The van der Waals surface area contributed by atoms with Gasteiger partial charge >= 0.3 is 5.97 Å². The average molecular weight is 462 g/mol. The molecule has 7 nitrogen and oxygen atoms in total. The van der Waals surface area contributed by atoms with Gasteiger partial charge < -0.3 is 14.6 Å². The van der Waals surface area contributed by atoms with Gasteiger partial charge in [0.25, 0.3) is 10.0 Å². The van der Waals surface area contributed by atoms with Crippen molar-refractivity contribution < 1.29 is 27.8 Å². The van der Waals surface area contributed by atoms with Gasteiger partial charge in [-0.05, 0) is 41.0 Å². The smallest absolute Gasteiger partial charge is 0.309 e. The summed E-state index contributed by atoms with van der Waals surface area (Å²) in [5, 5.41) is 10.1. The number of methoxy groups -OCH3 is 2. The summed E-state index contributed by atoms with van der Waals surface area (Å²) < 4.78 is 38.5. The van der Waals surface area contributed by atoms with Crippen LogP contribution in [0.1, 0.15) is 5.56 Å². The molecular weight excluding hydrogens is 442 g/mol. The van der Waals surface area contributed by atoms with Gasteiger partial charge in [0.05, 0.1) is 31.4 Å². The molecule has 0 saturated carbocycles. The number of carbonyl (C=O) groups excluding carboxylic acids is 1. The number of phenols is 1. The maximum Gasteiger partial charge on any atom is 0.309 e. The van der Waals surface area contributed by atoms with E-state index in [4.69, 9.17) is 16.3 Å². The van der Waals surface area contributed by atoms with Crippen molar-refractivity contribution in [2.75, 3.05) is 18.9 Å². The van der Waals surface area contributed by atoms with E-state index in [1.165, 1.54) is 26.4 Å². The number of hydrogen-bond donors (Lipinski definition) is 2. The van der Waals surface area contributed by atoms with Crippen molar-refractivity contribution in [2.45, 2.75) is 11.3 Å². The number of nitrogens with one attached hydrogen (secondary N) is 1. The maximum atomic E-state index is 13.1. The molecule has 0 aliphatic carbocycles. The normalized spacial score (nSPS) is 11.1. The van der Waals surface area contributed by atoms with Crippen LogP contribution in [0.3, 0.4) is 0 Å². The number of benzene rings is 3. The van der Waals surface area contributed by atoms with Crippen molar-refractivity contribution in [1.29, 1.82) is 0 Å². The lowest BCUT2D eigenvalue weighted by atomic mass is 10.1. The Morgan fingerprint density at radius 1 is 1.03 bits per heavy atom. The number of hydrogen-bond acceptors (Lipinski definition) is 6. The van der Waals surface area contributed by atoms with E-state index < -0.39 is 26.6 Å². The van der Waals surface area contributed by atoms with Gasteiger partial charge in [-0.15, -0.1) is 0 Å².